The third kappa shape index (κ3) is 18.2. The Hall–Kier alpha value is -1.85. The smallest absolute Gasteiger partial charge is 0.404 e. The van der Waals surface area contributed by atoms with E-state index in [9.17, 15) is 9.59 Å². The molecule has 0 unspecified atom stereocenters. The zero-order chi connectivity index (χ0) is 51.6. The monoisotopic (exact) mass is 980 g/mol. The van der Waals surface area contributed by atoms with Crippen molar-refractivity contribution in [2.24, 2.45) is 47.2 Å². The minimum absolute atomic E-state index is 0.00881. The summed E-state index contributed by atoms with van der Waals surface area (Å²) in [5, 5.41) is -0.0416. The van der Waals surface area contributed by atoms with E-state index in [0.717, 1.165) is 6.42 Å². The van der Waals surface area contributed by atoms with Gasteiger partial charge in [0.2, 0.25) is 0 Å². The van der Waals surface area contributed by atoms with E-state index in [4.69, 9.17) is 38.0 Å². The summed E-state index contributed by atoms with van der Waals surface area (Å²) in [6.07, 6.45) is 11.1. The molecular weight excluding hydrogens is 879 g/mol. The number of carbonyl (C=O) groups is 2. The largest absolute Gasteiger partial charge is 0.462 e. The van der Waals surface area contributed by atoms with E-state index in [1.165, 1.54) is 5.57 Å². The van der Waals surface area contributed by atoms with Gasteiger partial charge in [0.1, 0.15) is 19.0 Å². The van der Waals surface area contributed by atoms with Gasteiger partial charge >= 0.3 is 12.1 Å². The predicted octanol–water partition coefficient (Wildman–Crippen LogP) is 14.0. The molecular formula is C53H101NO9Si3. The maximum Gasteiger partial charge on any atom is 0.404 e. The zero-order valence-electron chi connectivity index (χ0n) is 46.5. The van der Waals surface area contributed by atoms with Crippen LogP contribution in [0.2, 0.25) is 54.4 Å². The molecule has 384 valence electrons. The number of rotatable bonds is 25. The quantitative estimate of drug-likeness (QED) is 0.0313. The van der Waals surface area contributed by atoms with Crippen molar-refractivity contribution in [3.05, 3.63) is 48.6 Å². The molecule has 1 rings (SSSR count). The van der Waals surface area contributed by atoms with E-state index in [2.05, 4.69) is 168 Å². The van der Waals surface area contributed by atoms with Gasteiger partial charge in [0.15, 0.2) is 25.0 Å². The van der Waals surface area contributed by atoms with Gasteiger partial charge < -0.3 is 38.0 Å². The molecule has 0 saturated carbocycles. The van der Waals surface area contributed by atoms with Crippen LogP contribution < -0.4 is 5.73 Å². The Morgan fingerprint density at radius 1 is 0.773 bits per heavy atom. The summed E-state index contributed by atoms with van der Waals surface area (Å²) >= 11 is 0. The van der Waals surface area contributed by atoms with Crippen molar-refractivity contribution in [2.75, 3.05) is 13.9 Å². The molecule has 1 aliphatic heterocycles. The molecule has 0 spiro atoms. The molecule has 1 amide bonds. The van der Waals surface area contributed by atoms with Crippen molar-refractivity contribution in [1.29, 1.82) is 0 Å². The third-order valence-electron chi connectivity index (χ3n) is 15.6. The first-order valence-corrected chi connectivity index (χ1v) is 33.5. The maximum atomic E-state index is 13.5. The van der Waals surface area contributed by atoms with Gasteiger partial charge in [0.25, 0.3) is 0 Å². The molecule has 0 aromatic carbocycles. The summed E-state index contributed by atoms with van der Waals surface area (Å²) in [4.78, 5) is 25.8. The highest BCUT2D eigenvalue weighted by Crippen LogP contribution is 2.44. The molecule has 0 bridgehead atoms. The molecule has 10 nitrogen and oxygen atoms in total. The van der Waals surface area contributed by atoms with Crippen molar-refractivity contribution >= 4 is 37.0 Å². The number of allylic oxidation sites excluding steroid dienone is 3. The van der Waals surface area contributed by atoms with Crippen molar-refractivity contribution in [2.45, 2.75) is 222 Å². The van der Waals surface area contributed by atoms with Gasteiger partial charge in [-0.3, -0.25) is 4.79 Å². The molecule has 0 aromatic heterocycles. The Balaban J connectivity index is 3.65. The second-order valence-electron chi connectivity index (χ2n) is 24.5. The normalized spacial score (nSPS) is 24.0. The Morgan fingerprint density at radius 2 is 1.29 bits per heavy atom. The fourth-order valence-electron chi connectivity index (χ4n) is 8.31. The first kappa shape index (κ1) is 62.2. The van der Waals surface area contributed by atoms with E-state index in [1.54, 1.807) is 13.2 Å². The van der Waals surface area contributed by atoms with Crippen LogP contribution in [-0.2, 0) is 37.0 Å². The topological polar surface area (TPSA) is 125 Å². The van der Waals surface area contributed by atoms with Crippen LogP contribution in [0, 0.1) is 41.4 Å². The van der Waals surface area contributed by atoms with Gasteiger partial charge in [-0.05, 0) is 80.6 Å². The Bertz CT molecular complexity index is 1620. The number of esters is 1. The van der Waals surface area contributed by atoms with Crippen LogP contribution in [0.1, 0.15) is 131 Å². The number of hydrogen-bond acceptors (Lipinski definition) is 9. The highest BCUT2D eigenvalue weighted by Gasteiger charge is 2.49. The van der Waals surface area contributed by atoms with E-state index >= 15 is 0 Å². The number of carbonyl (C=O) groups excluding carboxylic acids is 2. The number of cyclic esters (lactones) is 1. The highest BCUT2D eigenvalue weighted by molar-refractivity contribution is 6.75. The lowest BCUT2D eigenvalue weighted by atomic mass is 9.81. The molecule has 0 aromatic rings. The van der Waals surface area contributed by atoms with Gasteiger partial charge in [-0.1, -0.05) is 152 Å². The molecule has 13 heteroatoms. The Kier molecular flexibility index (Phi) is 23.9. The zero-order valence-corrected chi connectivity index (χ0v) is 49.5. The number of primary amides is 1. The van der Waals surface area contributed by atoms with Gasteiger partial charge in [0.05, 0.1) is 30.3 Å². The van der Waals surface area contributed by atoms with Crippen LogP contribution in [0.5, 0.6) is 0 Å². The van der Waals surface area contributed by atoms with E-state index in [0.29, 0.717) is 6.42 Å². The Labute approximate surface area is 408 Å². The van der Waals surface area contributed by atoms with Crippen molar-refractivity contribution in [3.63, 3.8) is 0 Å². The summed E-state index contributed by atoms with van der Waals surface area (Å²) in [7, 11) is -5.05. The van der Waals surface area contributed by atoms with Crippen LogP contribution in [0.25, 0.3) is 0 Å². The van der Waals surface area contributed by atoms with Crippen LogP contribution >= 0.6 is 0 Å². The van der Waals surface area contributed by atoms with Gasteiger partial charge in [-0.25, -0.2) is 4.79 Å². The molecule has 1 aliphatic rings. The predicted molar refractivity (Wildman–Crippen MR) is 283 cm³/mol. The standard InChI is InChI=1S/C53H101NO9Si3/c1-26-27-28-36(3)46(60-50(54)56)41(8)47(62-65(22,23)52(13,14)15)39(6)32-35(2)31-38(5)45(58-34-57-19)37(4)29-30-43(61-64(20,21)51(10,11)12)33-44-40(7)48(42(9)49(55)59-44)63-66(24,25)53(16,17)18/h26-31,36-48H,1,32-34H2,2-25H3,(H2,54,56)/b28-27-,30-29-,35-31-/t36-,37-,38-,39-,40-,41+,42+,43+,44-,45-,46-,47+,48-/m0/s1. The van der Waals surface area contributed by atoms with Crippen molar-refractivity contribution in [1.82, 2.24) is 0 Å². The summed E-state index contributed by atoms with van der Waals surface area (Å²) in [6, 6.07) is 0. The maximum absolute atomic E-state index is 13.5. The van der Waals surface area contributed by atoms with Gasteiger partial charge in [-0.2, -0.15) is 0 Å². The molecule has 1 saturated heterocycles. The summed E-state index contributed by atoms with van der Waals surface area (Å²) < 4.78 is 45.4. The Morgan fingerprint density at radius 3 is 1.77 bits per heavy atom. The van der Waals surface area contributed by atoms with Gasteiger partial charge in [-0.15, -0.1) is 0 Å². The number of amides is 1. The van der Waals surface area contributed by atoms with E-state index < -0.39 is 37.1 Å². The SMILES string of the molecule is C=C/C=C\[C@H](C)[C@H](OC(N)=O)[C@@H](C)[C@H](O[Si](C)(C)C(C)(C)C)[C@@H](C)C/C(C)=C\[C@H](C)[C@@H](OCOC)[C@@H](C)/C=C\[C@H](C[C@@H]1OC(=O)[C@H](C)[C@@H](O[Si](C)(C)C(C)(C)C)[C@H]1C)O[Si](C)(C)C(C)(C)C. The van der Waals surface area contributed by atoms with Gasteiger partial charge in [0, 0.05) is 43.1 Å². The molecule has 1 heterocycles. The molecule has 13 atom stereocenters. The fraction of sp³-hybridized carbons (Fsp3) is 0.811. The second kappa shape index (κ2) is 25.3. The minimum atomic E-state index is -2.26. The average Bonchev–Trinajstić information content (AvgIpc) is 3.15. The molecule has 1 fully saturated rings. The lowest BCUT2D eigenvalue weighted by Gasteiger charge is -2.47. The van der Waals surface area contributed by atoms with Crippen LogP contribution in [-0.4, -0.2) is 87.5 Å². The molecule has 66 heavy (non-hydrogen) atoms. The van der Waals surface area contributed by atoms with Crippen molar-refractivity contribution < 1.29 is 41.8 Å². The first-order chi connectivity index (χ1) is 29.8. The number of hydrogen-bond donors (Lipinski definition) is 1. The molecule has 0 aliphatic carbocycles. The summed E-state index contributed by atoms with van der Waals surface area (Å²) in [5.74, 6) is -0.733. The van der Waals surface area contributed by atoms with Crippen molar-refractivity contribution in [3.8, 4) is 0 Å². The number of methoxy groups -OCH3 is 1. The second-order valence-corrected chi connectivity index (χ2v) is 38.8. The lowest BCUT2D eigenvalue weighted by Crippen LogP contribution is -2.55. The minimum Gasteiger partial charge on any atom is -0.462 e. The van der Waals surface area contributed by atoms with E-state index in [-0.39, 0.29) is 99.8 Å². The van der Waals surface area contributed by atoms with Crippen LogP contribution in [0.4, 0.5) is 4.79 Å². The molecule has 2 N–H and O–H groups in total. The molecule has 0 radical (unpaired) electrons. The summed E-state index contributed by atoms with van der Waals surface area (Å²) in [6.45, 7) is 54.8. The first-order valence-electron chi connectivity index (χ1n) is 24.8. The lowest BCUT2D eigenvalue weighted by molar-refractivity contribution is -0.177. The van der Waals surface area contributed by atoms with Crippen LogP contribution in [0.15, 0.2) is 48.6 Å². The van der Waals surface area contributed by atoms with Crippen LogP contribution in [0.3, 0.4) is 0 Å². The van der Waals surface area contributed by atoms with E-state index in [1.807, 2.05) is 26.0 Å². The number of ether oxygens (including phenoxy) is 4. The fourth-order valence-corrected chi connectivity index (χ4v) is 12.5. The highest BCUT2D eigenvalue weighted by atomic mass is 28.4. The summed E-state index contributed by atoms with van der Waals surface area (Å²) in [5.41, 5.74) is 6.89. The third-order valence-corrected chi connectivity index (χ3v) is 29.0. The average molecular weight is 981 g/mol. The number of nitrogens with two attached hydrogens (primary N) is 1.